The summed E-state index contributed by atoms with van der Waals surface area (Å²) in [7, 11) is 0. The Balaban J connectivity index is 1.04. The van der Waals surface area contributed by atoms with E-state index in [9.17, 15) is 0 Å². The highest BCUT2D eigenvalue weighted by Gasteiger charge is 2.24. The summed E-state index contributed by atoms with van der Waals surface area (Å²) in [6.07, 6.45) is 0. The van der Waals surface area contributed by atoms with Crippen LogP contribution in [0.3, 0.4) is 0 Å². The van der Waals surface area contributed by atoms with Gasteiger partial charge in [0.25, 0.3) is 0 Å². The number of hydrogen-bond donors (Lipinski definition) is 0. The van der Waals surface area contributed by atoms with E-state index in [2.05, 4.69) is 254 Å². The highest BCUT2D eigenvalue weighted by atomic mass is 16.3. The fraction of sp³-hybridized carbons (Fsp3) is 0. The second-order valence-corrected chi connectivity index (χ2v) is 17.2. The summed E-state index contributed by atoms with van der Waals surface area (Å²) in [5.41, 5.74) is 14.1. The van der Waals surface area contributed by atoms with Crippen molar-refractivity contribution >= 4 is 82.1 Å². The molecule has 0 bridgehead atoms. The maximum absolute atomic E-state index is 6.97. The normalized spacial score (nSPS) is 11.6. The Bertz CT molecular complexity index is 3970. The van der Waals surface area contributed by atoms with Crippen molar-refractivity contribution in [2.24, 2.45) is 0 Å². The third kappa shape index (κ3) is 6.26. The number of anilines is 3. The molecule has 0 aliphatic rings. The van der Waals surface area contributed by atoms with Crippen LogP contribution in [0.1, 0.15) is 0 Å². The van der Waals surface area contributed by atoms with Crippen LogP contribution in [0, 0.1) is 0 Å². The van der Waals surface area contributed by atoms with Gasteiger partial charge in [0.1, 0.15) is 11.2 Å². The molecule has 13 aromatic rings. The first-order valence-electron chi connectivity index (χ1n) is 22.7. The Morgan fingerprint density at radius 1 is 0.273 bits per heavy atom. The summed E-state index contributed by atoms with van der Waals surface area (Å²) in [5.74, 6) is 0. The van der Waals surface area contributed by atoms with E-state index in [0.717, 1.165) is 66.8 Å². The van der Waals surface area contributed by atoms with Crippen LogP contribution in [-0.4, -0.2) is 0 Å². The van der Waals surface area contributed by atoms with Crippen LogP contribution in [0.2, 0.25) is 0 Å². The van der Waals surface area contributed by atoms with E-state index in [1.54, 1.807) is 0 Å². The third-order valence-corrected chi connectivity index (χ3v) is 13.4. The fourth-order valence-electron chi connectivity index (χ4n) is 10.3. The molecule has 66 heavy (non-hydrogen) atoms. The summed E-state index contributed by atoms with van der Waals surface area (Å²) in [6.45, 7) is 0. The van der Waals surface area contributed by atoms with Crippen LogP contribution in [0.4, 0.5) is 17.1 Å². The minimum atomic E-state index is 0.859. The van der Waals surface area contributed by atoms with Crippen LogP contribution >= 0.6 is 0 Å². The van der Waals surface area contributed by atoms with Crippen molar-refractivity contribution in [1.82, 2.24) is 0 Å². The summed E-state index contributed by atoms with van der Waals surface area (Å²) in [6, 6.07) is 90.2. The summed E-state index contributed by atoms with van der Waals surface area (Å²) in [5, 5.41) is 12.2. The molecule has 0 atom stereocenters. The van der Waals surface area contributed by atoms with Crippen molar-refractivity contribution in [3.63, 3.8) is 0 Å². The highest BCUT2D eigenvalue weighted by Crippen LogP contribution is 2.48. The molecule has 0 spiro atoms. The van der Waals surface area contributed by atoms with Crippen molar-refractivity contribution < 1.29 is 4.42 Å². The lowest BCUT2D eigenvalue weighted by atomic mass is 9.92. The number of furan rings is 1. The number of benzene rings is 12. The molecule has 308 valence electrons. The Hall–Kier alpha value is -8.72. The SMILES string of the molecule is c1ccc(-c2cccc(-c3cccc(N(c4cccc(-c5ccc6c7ccccc7c7ccccc7c6c5)c4)c4ccc(-c5cccc6ccccc56)c5oc6ccccc6c45)c3)c2)cc1. The van der Waals surface area contributed by atoms with E-state index in [0.29, 0.717) is 0 Å². The van der Waals surface area contributed by atoms with Gasteiger partial charge >= 0.3 is 0 Å². The number of nitrogens with zero attached hydrogens (tertiary/aromatic N) is 1. The van der Waals surface area contributed by atoms with E-state index in [4.69, 9.17) is 4.42 Å². The zero-order chi connectivity index (χ0) is 43.6. The van der Waals surface area contributed by atoms with Crippen LogP contribution < -0.4 is 4.90 Å². The molecule has 0 aliphatic heterocycles. The summed E-state index contributed by atoms with van der Waals surface area (Å²) >= 11 is 0. The van der Waals surface area contributed by atoms with Crippen molar-refractivity contribution in [2.75, 3.05) is 4.90 Å². The van der Waals surface area contributed by atoms with Crippen LogP contribution in [0.25, 0.3) is 110 Å². The zero-order valence-electron chi connectivity index (χ0n) is 36.0. The lowest BCUT2D eigenvalue weighted by molar-refractivity contribution is 0.670. The van der Waals surface area contributed by atoms with E-state index in [1.807, 2.05) is 0 Å². The molecule has 12 aromatic carbocycles. The van der Waals surface area contributed by atoms with Gasteiger partial charge in [-0.25, -0.2) is 0 Å². The summed E-state index contributed by atoms with van der Waals surface area (Å²) < 4.78 is 6.97. The van der Waals surface area contributed by atoms with Gasteiger partial charge in [-0.15, -0.1) is 0 Å². The second kappa shape index (κ2) is 15.5. The zero-order valence-corrected chi connectivity index (χ0v) is 36.0. The molecule has 0 saturated carbocycles. The standard InChI is InChI=1S/C64H41NO/c1-2-16-42(17-3-1)44-20-12-21-45(38-44)46-22-13-24-49(39-46)65(61-37-36-58(52-32-15-19-43-18-4-5-26-51(43)52)64-63(61)59-31-10-11-33-62(59)66-64)50-25-14-23-47(40-50)48-34-35-57-55-29-7-6-27-53(55)54-28-8-9-30-56(54)60(57)41-48/h1-41H. The minimum absolute atomic E-state index is 0.859. The predicted octanol–water partition coefficient (Wildman–Crippen LogP) is 18.3. The molecule has 13 rings (SSSR count). The van der Waals surface area contributed by atoms with E-state index < -0.39 is 0 Å². The topological polar surface area (TPSA) is 16.4 Å². The maximum Gasteiger partial charge on any atom is 0.145 e. The van der Waals surface area contributed by atoms with Crippen molar-refractivity contribution in [2.45, 2.75) is 0 Å². The average Bonchev–Trinajstić information content (AvgIpc) is 3.79. The van der Waals surface area contributed by atoms with Gasteiger partial charge in [-0.05, 0) is 137 Å². The van der Waals surface area contributed by atoms with Gasteiger partial charge in [0, 0.05) is 22.3 Å². The van der Waals surface area contributed by atoms with Crippen molar-refractivity contribution in [3.8, 4) is 44.5 Å². The van der Waals surface area contributed by atoms with E-state index in [-0.39, 0.29) is 0 Å². The number of fused-ring (bicyclic) bond motifs is 10. The molecule has 1 aromatic heterocycles. The summed E-state index contributed by atoms with van der Waals surface area (Å²) in [4.78, 5) is 2.43. The first-order valence-corrected chi connectivity index (χ1v) is 22.7. The lowest BCUT2D eigenvalue weighted by Crippen LogP contribution is -2.11. The molecule has 0 radical (unpaired) electrons. The quantitative estimate of drug-likeness (QED) is 0.149. The minimum Gasteiger partial charge on any atom is -0.455 e. The average molecular weight is 840 g/mol. The smallest absolute Gasteiger partial charge is 0.145 e. The van der Waals surface area contributed by atoms with Gasteiger partial charge in [0.15, 0.2) is 0 Å². The molecular formula is C64H41NO. The number of rotatable bonds is 7. The third-order valence-electron chi connectivity index (χ3n) is 13.4. The molecule has 2 nitrogen and oxygen atoms in total. The molecule has 2 heteroatoms. The largest absolute Gasteiger partial charge is 0.455 e. The molecule has 0 aliphatic carbocycles. The first-order chi connectivity index (χ1) is 32.7. The van der Waals surface area contributed by atoms with Gasteiger partial charge in [-0.1, -0.05) is 194 Å². The molecule has 0 fully saturated rings. The van der Waals surface area contributed by atoms with E-state index in [1.165, 1.54) is 59.8 Å². The Morgan fingerprint density at radius 2 is 0.758 bits per heavy atom. The van der Waals surface area contributed by atoms with Crippen LogP contribution in [-0.2, 0) is 0 Å². The molecule has 0 saturated heterocycles. The first kappa shape index (κ1) is 37.8. The van der Waals surface area contributed by atoms with E-state index >= 15 is 0 Å². The fourth-order valence-corrected chi connectivity index (χ4v) is 10.3. The van der Waals surface area contributed by atoms with Gasteiger partial charge in [0.2, 0.25) is 0 Å². The van der Waals surface area contributed by atoms with Crippen molar-refractivity contribution in [1.29, 1.82) is 0 Å². The lowest BCUT2D eigenvalue weighted by Gasteiger charge is -2.28. The Labute approximate surface area is 382 Å². The van der Waals surface area contributed by atoms with Crippen LogP contribution in [0.15, 0.2) is 253 Å². The van der Waals surface area contributed by atoms with Crippen LogP contribution in [0.5, 0.6) is 0 Å². The predicted molar refractivity (Wildman–Crippen MR) is 280 cm³/mol. The van der Waals surface area contributed by atoms with Crippen molar-refractivity contribution in [3.05, 3.63) is 249 Å². The molecule has 0 N–H and O–H groups in total. The maximum atomic E-state index is 6.97. The highest BCUT2D eigenvalue weighted by molar-refractivity contribution is 6.26. The Morgan fingerprint density at radius 3 is 1.45 bits per heavy atom. The van der Waals surface area contributed by atoms with Gasteiger partial charge in [-0.2, -0.15) is 0 Å². The van der Waals surface area contributed by atoms with Gasteiger partial charge < -0.3 is 9.32 Å². The number of para-hydroxylation sites is 1. The molecule has 1 heterocycles. The Kier molecular flexibility index (Phi) is 8.89. The number of hydrogen-bond acceptors (Lipinski definition) is 2. The second-order valence-electron chi connectivity index (χ2n) is 17.2. The van der Waals surface area contributed by atoms with Gasteiger partial charge in [-0.3, -0.25) is 0 Å². The molecule has 0 amide bonds. The van der Waals surface area contributed by atoms with Gasteiger partial charge in [0.05, 0.1) is 11.1 Å². The monoisotopic (exact) mass is 839 g/mol. The molecular weight excluding hydrogens is 799 g/mol. The molecule has 0 unspecified atom stereocenters.